The van der Waals surface area contributed by atoms with E-state index < -0.39 is 160 Å². The van der Waals surface area contributed by atoms with Crippen LogP contribution in [0.2, 0.25) is 0 Å². The Morgan fingerprint density at radius 3 is 1.86 bits per heavy atom. The molecule has 0 bridgehead atoms. The first-order chi connectivity index (χ1) is 43.0. The highest BCUT2D eigenvalue weighted by molar-refractivity contribution is 6.32. The van der Waals surface area contributed by atoms with Crippen molar-refractivity contribution in [3.8, 4) is 0 Å². The van der Waals surface area contributed by atoms with E-state index in [-0.39, 0.29) is 88.3 Å². The number of nitrogens with one attached hydrogen (secondary N) is 4. The van der Waals surface area contributed by atoms with Crippen molar-refractivity contribution < 1.29 is 65.9 Å². The molecular weight excluding hydrogens is 1220 g/mol. The van der Waals surface area contributed by atoms with Crippen LogP contribution in [0, 0.1) is 23.7 Å². The summed E-state index contributed by atoms with van der Waals surface area (Å²) in [5.74, 6) is -7.73. The first kappa shape index (κ1) is 76.2. The van der Waals surface area contributed by atoms with Crippen LogP contribution in [-0.2, 0) is 52.7 Å². The fraction of sp³-hybridized carbons (Fsp3) is 0.742. The Morgan fingerprint density at radius 1 is 0.674 bits per heavy atom. The van der Waals surface area contributed by atoms with E-state index in [0.29, 0.717) is 25.7 Å². The second-order valence-electron chi connectivity index (χ2n) is 27.4. The van der Waals surface area contributed by atoms with Gasteiger partial charge in [0.25, 0.3) is 0 Å². The molecule has 10 atom stereocenters. The summed E-state index contributed by atoms with van der Waals surface area (Å²) in [4.78, 5) is 170. The number of hydrogen-bond donors (Lipinski definition) is 4. The van der Waals surface area contributed by atoms with Crippen LogP contribution in [0.1, 0.15) is 171 Å². The maximum absolute atomic E-state index is 15.0. The molecule has 3 saturated heterocycles. The van der Waals surface area contributed by atoms with Gasteiger partial charge in [0.1, 0.15) is 53.9 Å². The lowest BCUT2D eigenvalue weighted by Gasteiger charge is -2.45. The molecule has 2 aliphatic carbocycles. The van der Waals surface area contributed by atoms with Gasteiger partial charge in [0.2, 0.25) is 65.0 Å². The van der Waals surface area contributed by atoms with Gasteiger partial charge in [-0.25, -0.2) is 0 Å². The summed E-state index contributed by atoms with van der Waals surface area (Å²) in [7, 11) is 7.25. The van der Waals surface area contributed by atoms with Gasteiger partial charge in [-0.15, -0.1) is 0 Å². The van der Waals surface area contributed by atoms with E-state index in [4.69, 9.17) is 11.6 Å². The number of allylic oxidation sites excluding steroid dienone is 4. The average Bonchev–Trinajstić information content (AvgIpc) is 1.27. The van der Waals surface area contributed by atoms with Gasteiger partial charge in [-0.2, -0.15) is 13.2 Å². The molecule has 0 radical (unpaired) electrons. The molecule has 26 heteroatoms. The number of halogens is 4. The number of carbonyl (C=O) groups is 11. The molecule has 3 heterocycles. The highest BCUT2D eigenvalue weighted by Gasteiger charge is 2.50. The molecule has 92 heavy (non-hydrogen) atoms. The van der Waals surface area contributed by atoms with E-state index in [1.165, 1.54) is 71.6 Å². The van der Waals surface area contributed by atoms with Crippen LogP contribution in [0.4, 0.5) is 13.2 Å². The molecule has 1 spiro atoms. The van der Waals surface area contributed by atoms with E-state index >= 15 is 4.79 Å². The molecule has 5 rings (SSSR count). The van der Waals surface area contributed by atoms with Crippen molar-refractivity contribution in [3.63, 3.8) is 0 Å². The Labute approximate surface area is 546 Å². The second-order valence-corrected chi connectivity index (χ2v) is 27.8. The lowest BCUT2D eigenvalue weighted by Crippen LogP contribution is -2.65. The lowest BCUT2D eigenvalue weighted by atomic mass is 9.84. The Hall–Kier alpha value is -6.53. The molecule has 516 valence electrons. The second kappa shape index (κ2) is 33.0. The number of alkyl halides is 3. The Kier molecular flexibility index (Phi) is 27.4. The predicted octanol–water partition coefficient (Wildman–Crippen LogP) is 5.97. The SMILES string of the molecule is C=C(/C=C(/Cl)C(=C)C(F)(F)F)CC[C@@H]1NC(=O)CN(C)C(=O)[C@H](CC2CCCCC2)N(C)C(=O)[C@@H]2CCN2C(=O)[C@H](C)N(C)C(=O)[C@H]([C@@H](C)CC)NC(=O)[C@H](CC(C)C)N(C)C(=O)C[C@@H](C)NC(=O)C(C(C)C)N(C)C(=O)C2(CCCC2)NC(=O)[C@@H]2CCCN2C1=O. The van der Waals surface area contributed by atoms with E-state index in [1.54, 1.807) is 27.7 Å². The van der Waals surface area contributed by atoms with E-state index in [0.717, 1.165) is 43.1 Å². The smallest absolute Gasteiger partial charge is 0.351 e. The predicted molar refractivity (Wildman–Crippen MR) is 342 cm³/mol. The number of likely N-dealkylation sites (N-methyl/N-ethyl adjacent to an activating group) is 5. The number of nitrogens with zero attached hydrogens (tertiary/aromatic N) is 7. The van der Waals surface area contributed by atoms with E-state index in [9.17, 15) is 61.1 Å². The molecule has 22 nitrogen and oxygen atoms in total. The highest BCUT2D eigenvalue weighted by Crippen LogP contribution is 2.36. The summed E-state index contributed by atoms with van der Waals surface area (Å²) >= 11 is 6.02. The van der Waals surface area contributed by atoms with Crippen molar-refractivity contribution in [1.29, 1.82) is 0 Å². The van der Waals surface area contributed by atoms with E-state index in [1.807, 2.05) is 20.8 Å². The van der Waals surface area contributed by atoms with Gasteiger partial charge < -0.3 is 55.6 Å². The maximum Gasteiger partial charge on any atom is 0.417 e. The molecule has 5 fully saturated rings. The van der Waals surface area contributed by atoms with Gasteiger partial charge in [0.15, 0.2) is 0 Å². The van der Waals surface area contributed by atoms with Crippen LogP contribution >= 0.6 is 11.6 Å². The number of hydrogen-bond acceptors (Lipinski definition) is 11. The van der Waals surface area contributed by atoms with Gasteiger partial charge in [0, 0.05) is 60.8 Å². The van der Waals surface area contributed by atoms with Crippen molar-refractivity contribution in [2.45, 2.75) is 237 Å². The first-order valence-corrected chi connectivity index (χ1v) is 33.3. The average molecular weight is 1320 g/mol. The molecule has 2 saturated carbocycles. The Bertz CT molecular complexity index is 2790. The van der Waals surface area contributed by atoms with Gasteiger partial charge >= 0.3 is 6.18 Å². The topological polar surface area (TPSA) is 259 Å². The maximum atomic E-state index is 15.0. The third kappa shape index (κ3) is 18.9. The van der Waals surface area contributed by atoms with Crippen molar-refractivity contribution in [2.24, 2.45) is 23.7 Å². The normalized spacial score (nSPS) is 28.2. The summed E-state index contributed by atoms with van der Waals surface area (Å²) in [5, 5.41) is 10.8. The van der Waals surface area contributed by atoms with Crippen LogP contribution in [0.5, 0.6) is 0 Å². The molecule has 1 unspecified atom stereocenters. The zero-order valence-electron chi connectivity index (χ0n) is 56.5. The molecule has 0 aromatic rings. The molecule has 4 N–H and O–H groups in total. The third-order valence-corrected chi connectivity index (χ3v) is 19.9. The molecule has 0 aromatic heterocycles. The van der Waals surface area contributed by atoms with Crippen molar-refractivity contribution in [2.75, 3.05) is 54.9 Å². The van der Waals surface area contributed by atoms with Gasteiger partial charge in [-0.1, -0.05) is 123 Å². The lowest BCUT2D eigenvalue weighted by molar-refractivity contribution is -0.160. The fourth-order valence-corrected chi connectivity index (χ4v) is 13.7. The van der Waals surface area contributed by atoms with Crippen LogP contribution in [0.15, 0.2) is 35.4 Å². The standard InChI is InChI=1S/C66H103ClF3N11O11/c1-16-41(7)54-63(91)76(12)44(10)59(87)81-32-28-49(81)62(90)78(14)51(36-45-23-18-17-19-24-45)61(89)75(11)37-52(82)72-47(27-26-40(6)34-46(67)43(9)66(68,69)70)60(88)80-31-22-25-48(80)57(85)74-65(29-20-21-30-65)64(92)79(15)55(39(4)5)58(86)71-42(8)35-53(83)77(13)50(33-38(2)3)56(84)73-54/h34,38-39,41-42,44-45,47-51,54-55H,6,9,16-33,35-37H2,1-5,7-8,10-15H3,(H,71,86)(H,72,82)(H,73,84)(H,74,85)/b46-34+/t41-,42+,44-,47-,48-,49-,50-,51-,54-,55?/m0/s1. The van der Waals surface area contributed by atoms with Crippen molar-refractivity contribution in [3.05, 3.63) is 35.4 Å². The summed E-state index contributed by atoms with van der Waals surface area (Å²) in [6.45, 7) is 20.5. The Morgan fingerprint density at radius 2 is 1.29 bits per heavy atom. The van der Waals surface area contributed by atoms with Gasteiger partial charge in [0.05, 0.1) is 17.2 Å². The first-order valence-electron chi connectivity index (χ1n) is 32.9. The van der Waals surface area contributed by atoms with E-state index in [2.05, 4.69) is 34.4 Å². The van der Waals surface area contributed by atoms with Gasteiger partial charge in [-0.05, 0) is 101 Å². The number of amides is 11. The minimum absolute atomic E-state index is 0.0293. The Balaban J connectivity index is 1.56. The number of rotatable bonds is 12. The third-order valence-electron chi connectivity index (χ3n) is 19.6. The monoisotopic (exact) mass is 1320 g/mol. The summed E-state index contributed by atoms with van der Waals surface area (Å²) in [5.41, 5.74) is -2.79. The molecule has 11 amide bonds. The molecule has 0 aromatic carbocycles. The quantitative estimate of drug-likeness (QED) is 0.166. The minimum atomic E-state index is -4.86. The number of carbonyl (C=O) groups excluding carboxylic acids is 11. The molecular formula is C66H103ClF3N11O11. The highest BCUT2D eigenvalue weighted by atomic mass is 35.5. The number of fused-ring (bicyclic) bond motifs is 2. The van der Waals surface area contributed by atoms with Crippen LogP contribution in [0.3, 0.4) is 0 Å². The van der Waals surface area contributed by atoms with Crippen molar-refractivity contribution in [1.82, 2.24) is 55.6 Å². The minimum Gasteiger partial charge on any atom is -0.351 e. The van der Waals surface area contributed by atoms with Crippen LogP contribution in [-0.4, -0.2) is 220 Å². The van der Waals surface area contributed by atoms with Crippen LogP contribution < -0.4 is 21.3 Å². The summed E-state index contributed by atoms with van der Waals surface area (Å²) < 4.78 is 40.8. The van der Waals surface area contributed by atoms with Crippen LogP contribution in [0.25, 0.3) is 0 Å². The molecule has 5 aliphatic rings. The zero-order chi connectivity index (χ0) is 69.0. The fourth-order valence-electron chi connectivity index (χ4n) is 13.5. The largest absolute Gasteiger partial charge is 0.417 e. The van der Waals surface area contributed by atoms with Crippen molar-refractivity contribution >= 4 is 76.6 Å². The summed E-state index contributed by atoms with van der Waals surface area (Å²) in [6, 6.07) is -9.99. The van der Waals surface area contributed by atoms with Gasteiger partial charge in [-0.3, -0.25) is 52.7 Å². The molecule has 3 aliphatic heterocycles. The zero-order valence-corrected chi connectivity index (χ0v) is 57.2. The summed E-state index contributed by atoms with van der Waals surface area (Å²) in [6.07, 6.45) is 2.89.